The van der Waals surface area contributed by atoms with E-state index in [1.165, 1.54) is 0 Å². The van der Waals surface area contributed by atoms with E-state index < -0.39 is 17.9 Å². The molecular weight excluding hydrogens is 286 g/mol. The summed E-state index contributed by atoms with van der Waals surface area (Å²) >= 11 is 0. The van der Waals surface area contributed by atoms with E-state index in [1.54, 1.807) is 31.2 Å². The lowest BCUT2D eigenvalue weighted by molar-refractivity contribution is -0.139. The summed E-state index contributed by atoms with van der Waals surface area (Å²) < 4.78 is 11.1. The van der Waals surface area contributed by atoms with Gasteiger partial charge in [-0.25, -0.2) is 4.79 Å². The summed E-state index contributed by atoms with van der Waals surface area (Å²) in [4.78, 5) is 22.9. The Hall–Kier alpha value is -2.08. The van der Waals surface area contributed by atoms with Gasteiger partial charge in [0.25, 0.3) is 5.91 Å². The molecule has 1 fully saturated rings. The second-order valence-corrected chi connectivity index (χ2v) is 5.24. The number of benzene rings is 1. The first-order valence-corrected chi connectivity index (χ1v) is 7.48. The van der Waals surface area contributed by atoms with Crippen molar-refractivity contribution < 1.29 is 24.2 Å². The van der Waals surface area contributed by atoms with Gasteiger partial charge >= 0.3 is 5.97 Å². The lowest BCUT2D eigenvalue weighted by atomic mass is 10.1. The maximum Gasteiger partial charge on any atom is 0.326 e. The monoisotopic (exact) mass is 307 g/mol. The van der Waals surface area contributed by atoms with Crippen LogP contribution < -0.4 is 10.1 Å². The first-order valence-electron chi connectivity index (χ1n) is 7.48. The molecule has 0 saturated carbocycles. The molecule has 1 aromatic rings. The van der Waals surface area contributed by atoms with E-state index in [4.69, 9.17) is 14.6 Å². The minimum atomic E-state index is -1.03. The molecule has 2 N–H and O–H groups in total. The Morgan fingerprint density at radius 3 is 2.68 bits per heavy atom. The zero-order chi connectivity index (χ0) is 15.9. The van der Waals surface area contributed by atoms with Crippen LogP contribution in [-0.2, 0) is 9.53 Å². The Morgan fingerprint density at radius 2 is 2.14 bits per heavy atom. The van der Waals surface area contributed by atoms with Crippen LogP contribution in [0.3, 0.4) is 0 Å². The molecule has 1 aromatic carbocycles. The van der Waals surface area contributed by atoms with Crippen LogP contribution in [0.4, 0.5) is 0 Å². The molecule has 6 heteroatoms. The quantitative estimate of drug-likeness (QED) is 0.803. The highest BCUT2D eigenvalue weighted by molar-refractivity contribution is 5.96. The van der Waals surface area contributed by atoms with Gasteiger partial charge in [-0.3, -0.25) is 4.79 Å². The maximum atomic E-state index is 12.0. The molecule has 6 nitrogen and oxygen atoms in total. The number of nitrogens with one attached hydrogen (secondary N) is 1. The third kappa shape index (κ3) is 4.46. The Morgan fingerprint density at radius 1 is 1.41 bits per heavy atom. The third-order valence-corrected chi connectivity index (χ3v) is 3.59. The molecule has 1 saturated heterocycles. The molecule has 22 heavy (non-hydrogen) atoms. The summed E-state index contributed by atoms with van der Waals surface area (Å²) in [7, 11) is 0. The van der Waals surface area contributed by atoms with Crippen LogP contribution >= 0.6 is 0 Å². The fourth-order valence-electron chi connectivity index (χ4n) is 2.25. The van der Waals surface area contributed by atoms with Gasteiger partial charge in [-0.1, -0.05) is 6.92 Å². The predicted octanol–water partition coefficient (Wildman–Crippen LogP) is 1.84. The van der Waals surface area contributed by atoms with E-state index in [-0.39, 0.29) is 6.10 Å². The molecule has 0 radical (unpaired) electrons. The zero-order valence-corrected chi connectivity index (χ0v) is 12.6. The number of ether oxygens (including phenoxy) is 2. The van der Waals surface area contributed by atoms with Crippen molar-refractivity contribution in [3.05, 3.63) is 29.8 Å². The van der Waals surface area contributed by atoms with Gasteiger partial charge < -0.3 is 19.9 Å². The van der Waals surface area contributed by atoms with E-state index in [2.05, 4.69) is 5.32 Å². The van der Waals surface area contributed by atoms with Crippen LogP contribution in [0.15, 0.2) is 24.3 Å². The van der Waals surface area contributed by atoms with E-state index in [9.17, 15) is 9.59 Å². The molecule has 0 spiro atoms. The number of carboxylic acids is 1. The van der Waals surface area contributed by atoms with Crippen LogP contribution in [0.2, 0.25) is 0 Å². The Bertz CT molecular complexity index is 508. The molecule has 1 aliphatic rings. The number of amides is 1. The van der Waals surface area contributed by atoms with Crippen molar-refractivity contribution in [2.45, 2.75) is 38.3 Å². The number of aliphatic carboxylic acids is 1. The number of hydrogen-bond acceptors (Lipinski definition) is 4. The van der Waals surface area contributed by atoms with Crippen molar-refractivity contribution in [3.63, 3.8) is 0 Å². The minimum Gasteiger partial charge on any atom is -0.491 e. The van der Waals surface area contributed by atoms with Gasteiger partial charge in [0.2, 0.25) is 0 Å². The molecule has 1 aliphatic heterocycles. The number of hydrogen-bond donors (Lipinski definition) is 2. The summed E-state index contributed by atoms with van der Waals surface area (Å²) in [5.74, 6) is -0.774. The molecule has 2 unspecified atom stereocenters. The van der Waals surface area contributed by atoms with Crippen molar-refractivity contribution in [2.24, 2.45) is 0 Å². The van der Waals surface area contributed by atoms with E-state index in [0.29, 0.717) is 24.3 Å². The van der Waals surface area contributed by atoms with Crippen molar-refractivity contribution in [1.82, 2.24) is 5.32 Å². The van der Waals surface area contributed by atoms with Crippen LogP contribution in [-0.4, -0.2) is 42.3 Å². The largest absolute Gasteiger partial charge is 0.491 e. The van der Waals surface area contributed by atoms with E-state index in [0.717, 1.165) is 19.4 Å². The summed E-state index contributed by atoms with van der Waals surface area (Å²) in [6.07, 6.45) is 2.55. The standard InChI is InChI=1S/C16H21NO5/c1-2-14(16(19)20)17-15(18)11-5-7-12(8-6-11)22-10-13-4-3-9-21-13/h5-8,13-14H,2-4,9-10H2,1H3,(H,17,18)(H,19,20). The molecule has 2 rings (SSSR count). The Balaban J connectivity index is 1.87. The number of carboxylic acid groups (broad SMARTS) is 1. The van der Waals surface area contributed by atoms with Crippen molar-refractivity contribution in [1.29, 1.82) is 0 Å². The fourth-order valence-corrected chi connectivity index (χ4v) is 2.25. The lowest BCUT2D eigenvalue weighted by Crippen LogP contribution is -2.40. The first kappa shape index (κ1) is 16.3. The second-order valence-electron chi connectivity index (χ2n) is 5.24. The first-order chi connectivity index (χ1) is 10.6. The predicted molar refractivity (Wildman–Crippen MR) is 80.1 cm³/mol. The maximum absolute atomic E-state index is 12.0. The second kappa shape index (κ2) is 7.79. The summed E-state index contributed by atoms with van der Waals surface area (Å²) in [5.41, 5.74) is 0.407. The Kier molecular flexibility index (Phi) is 5.77. The summed E-state index contributed by atoms with van der Waals surface area (Å²) in [6, 6.07) is 5.77. The molecule has 1 heterocycles. The minimum absolute atomic E-state index is 0.142. The van der Waals surface area contributed by atoms with Crippen LogP contribution in [0, 0.1) is 0 Å². The topological polar surface area (TPSA) is 84.9 Å². The normalized spacial score (nSPS) is 18.7. The molecule has 0 bridgehead atoms. The summed E-state index contributed by atoms with van der Waals surface area (Å²) in [6.45, 7) is 3.00. The van der Waals surface area contributed by atoms with Crippen molar-refractivity contribution >= 4 is 11.9 Å². The molecule has 1 amide bonds. The molecule has 120 valence electrons. The molecule has 0 aromatic heterocycles. The Labute approximate surface area is 129 Å². The average molecular weight is 307 g/mol. The van der Waals surface area contributed by atoms with Gasteiger partial charge in [0.15, 0.2) is 0 Å². The highest BCUT2D eigenvalue weighted by Crippen LogP contribution is 2.16. The highest BCUT2D eigenvalue weighted by Gasteiger charge is 2.19. The molecule has 2 atom stereocenters. The van der Waals surface area contributed by atoms with Crippen LogP contribution in [0.1, 0.15) is 36.5 Å². The van der Waals surface area contributed by atoms with Crippen LogP contribution in [0.25, 0.3) is 0 Å². The van der Waals surface area contributed by atoms with Crippen molar-refractivity contribution in [2.75, 3.05) is 13.2 Å². The number of rotatable bonds is 7. The molecule has 0 aliphatic carbocycles. The lowest BCUT2D eigenvalue weighted by Gasteiger charge is -2.13. The van der Waals surface area contributed by atoms with E-state index in [1.807, 2.05) is 0 Å². The van der Waals surface area contributed by atoms with Gasteiger partial charge in [0.1, 0.15) is 18.4 Å². The molecular formula is C16H21NO5. The van der Waals surface area contributed by atoms with Crippen molar-refractivity contribution in [3.8, 4) is 5.75 Å². The SMILES string of the molecule is CCC(NC(=O)c1ccc(OCC2CCCO2)cc1)C(=O)O. The van der Waals surface area contributed by atoms with Gasteiger partial charge in [0, 0.05) is 12.2 Å². The third-order valence-electron chi connectivity index (χ3n) is 3.59. The average Bonchev–Trinajstić information content (AvgIpc) is 3.04. The van der Waals surface area contributed by atoms with Gasteiger partial charge in [0.05, 0.1) is 6.10 Å². The van der Waals surface area contributed by atoms with Gasteiger partial charge in [-0.15, -0.1) is 0 Å². The smallest absolute Gasteiger partial charge is 0.326 e. The number of carbonyl (C=O) groups is 2. The van der Waals surface area contributed by atoms with E-state index >= 15 is 0 Å². The highest BCUT2D eigenvalue weighted by atomic mass is 16.5. The van der Waals surface area contributed by atoms with Crippen LogP contribution in [0.5, 0.6) is 5.75 Å². The van der Waals surface area contributed by atoms with Gasteiger partial charge in [-0.2, -0.15) is 0 Å². The number of carbonyl (C=O) groups excluding carboxylic acids is 1. The summed E-state index contributed by atoms with van der Waals surface area (Å²) in [5, 5.41) is 11.4. The van der Waals surface area contributed by atoms with Gasteiger partial charge in [-0.05, 0) is 43.5 Å². The zero-order valence-electron chi connectivity index (χ0n) is 12.6. The fraction of sp³-hybridized carbons (Fsp3) is 0.500.